The van der Waals surface area contributed by atoms with Gasteiger partial charge in [-0.1, -0.05) is 6.42 Å². The summed E-state index contributed by atoms with van der Waals surface area (Å²) in [4.78, 5) is 0. The second-order valence-electron chi connectivity index (χ2n) is 4.46. The lowest BCUT2D eigenvalue weighted by atomic mass is 9.91. The fourth-order valence-electron chi connectivity index (χ4n) is 2.27. The summed E-state index contributed by atoms with van der Waals surface area (Å²) in [6, 6.07) is 3.30. The van der Waals surface area contributed by atoms with E-state index in [0.29, 0.717) is 12.1 Å². The van der Waals surface area contributed by atoms with Gasteiger partial charge in [-0.2, -0.15) is 11.3 Å². The van der Waals surface area contributed by atoms with Crippen LogP contribution in [0.3, 0.4) is 0 Å². The molecule has 1 aromatic rings. The largest absolute Gasteiger partial charge is 0.328 e. The lowest BCUT2D eigenvalue weighted by molar-refractivity contribution is 0.341. The molecule has 84 valence electrons. The number of hydrogen-bond donors (Lipinski definition) is 2. The van der Waals surface area contributed by atoms with Crippen molar-refractivity contribution in [3.05, 3.63) is 22.4 Å². The minimum absolute atomic E-state index is 0.428. The van der Waals surface area contributed by atoms with Gasteiger partial charge in [-0.05, 0) is 54.6 Å². The second-order valence-corrected chi connectivity index (χ2v) is 5.24. The van der Waals surface area contributed by atoms with E-state index in [2.05, 4.69) is 22.1 Å². The van der Waals surface area contributed by atoms with Gasteiger partial charge in [0.05, 0.1) is 0 Å². The Kier molecular flexibility index (Phi) is 4.18. The summed E-state index contributed by atoms with van der Waals surface area (Å²) in [5.74, 6) is 0. The highest BCUT2D eigenvalue weighted by atomic mass is 32.1. The van der Waals surface area contributed by atoms with Crippen LogP contribution in [-0.2, 0) is 6.42 Å². The Morgan fingerprint density at radius 3 is 3.13 bits per heavy atom. The number of thiophene rings is 1. The average molecular weight is 224 g/mol. The molecule has 1 aliphatic rings. The number of rotatable bonds is 4. The van der Waals surface area contributed by atoms with Gasteiger partial charge in [0.25, 0.3) is 0 Å². The normalized spacial score (nSPS) is 26.7. The van der Waals surface area contributed by atoms with E-state index >= 15 is 0 Å². The van der Waals surface area contributed by atoms with Crippen LogP contribution >= 0.6 is 11.3 Å². The molecular weight excluding hydrogens is 204 g/mol. The molecule has 0 saturated heterocycles. The molecule has 2 atom stereocenters. The lowest BCUT2D eigenvalue weighted by Crippen LogP contribution is -2.40. The van der Waals surface area contributed by atoms with Crippen molar-refractivity contribution in [2.75, 3.05) is 6.54 Å². The van der Waals surface area contributed by atoms with E-state index in [-0.39, 0.29) is 0 Å². The zero-order chi connectivity index (χ0) is 10.5. The first-order chi connectivity index (χ1) is 7.34. The SMILES string of the molecule is NC1CCCC(NCCc2ccsc2)C1. The molecule has 0 spiro atoms. The first-order valence-electron chi connectivity index (χ1n) is 5.84. The lowest BCUT2D eigenvalue weighted by Gasteiger charge is -2.27. The van der Waals surface area contributed by atoms with E-state index in [0.717, 1.165) is 19.4 Å². The van der Waals surface area contributed by atoms with Crippen LogP contribution in [0.4, 0.5) is 0 Å². The van der Waals surface area contributed by atoms with Gasteiger partial charge in [-0.3, -0.25) is 0 Å². The van der Waals surface area contributed by atoms with Crippen molar-refractivity contribution < 1.29 is 0 Å². The third-order valence-electron chi connectivity index (χ3n) is 3.14. The van der Waals surface area contributed by atoms with Crippen molar-refractivity contribution in [3.63, 3.8) is 0 Å². The molecule has 2 rings (SSSR count). The average Bonchev–Trinajstić information content (AvgIpc) is 2.71. The van der Waals surface area contributed by atoms with Gasteiger partial charge in [0.1, 0.15) is 0 Å². The van der Waals surface area contributed by atoms with E-state index in [1.54, 1.807) is 11.3 Å². The predicted molar refractivity (Wildman–Crippen MR) is 66.3 cm³/mol. The van der Waals surface area contributed by atoms with Gasteiger partial charge in [0.2, 0.25) is 0 Å². The maximum atomic E-state index is 5.95. The monoisotopic (exact) mass is 224 g/mol. The molecule has 1 fully saturated rings. The first kappa shape index (κ1) is 11.1. The minimum Gasteiger partial charge on any atom is -0.328 e. The van der Waals surface area contributed by atoms with Crippen LogP contribution in [-0.4, -0.2) is 18.6 Å². The molecule has 3 N–H and O–H groups in total. The first-order valence-corrected chi connectivity index (χ1v) is 6.79. The van der Waals surface area contributed by atoms with Crippen molar-refractivity contribution in [1.29, 1.82) is 0 Å². The van der Waals surface area contributed by atoms with Gasteiger partial charge < -0.3 is 11.1 Å². The van der Waals surface area contributed by atoms with Crippen molar-refractivity contribution >= 4 is 11.3 Å². The van der Waals surface area contributed by atoms with Gasteiger partial charge in [-0.25, -0.2) is 0 Å². The van der Waals surface area contributed by atoms with Crippen LogP contribution in [0.1, 0.15) is 31.2 Å². The van der Waals surface area contributed by atoms with Crippen LogP contribution in [0.25, 0.3) is 0 Å². The maximum Gasteiger partial charge on any atom is 0.00819 e. The fourth-order valence-corrected chi connectivity index (χ4v) is 2.97. The highest BCUT2D eigenvalue weighted by molar-refractivity contribution is 7.07. The fraction of sp³-hybridized carbons (Fsp3) is 0.667. The Morgan fingerprint density at radius 2 is 2.40 bits per heavy atom. The summed E-state index contributed by atoms with van der Waals surface area (Å²) >= 11 is 1.78. The van der Waals surface area contributed by atoms with Crippen LogP contribution in [0.2, 0.25) is 0 Å². The van der Waals surface area contributed by atoms with E-state index in [1.165, 1.54) is 24.8 Å². The summed E-state index contributed by atoms with van der Waals surface area (Å²) < 4.78 is 0. The Morgan fingerprint density at radius 1 is 1.47 bits per heavy atom. The van der Waals surface area contributed by atoms with Gasteiger partial charge in [0.15, 0.2) is 0 Å². The molecule has 0 aliphatic heterocycles. The van der Waals surface area contributed by atoms with Crippen molar-refractivity contribution in [2.45, 2.75) is 44.2 Å². The molecule has 1 aliphatic carbocycles. The number of hydrogen-bond acceptors (Lipinski definition) is 3. The molecular formula is C12H20N2S. The molecule has 0 aromatic carbocycles. The van der Waals surface area contributed by atoms with E-state index < -0.39 is 0 Å². The minimum atomic E-state index is 0.428. The number of nitrogens with one attached hydrogen (secondary N) is 1. The molecule has 1 heterocycles. The number of nitrogens with two attached hydrogens (primary N) is 1. The van der Waals surface area contributed by atoms with Crippen molar-refractivity contribution in [1.82, 2.24) is 5.32 Å². The van der Waals surface area contributed by atoms with Crippen LogP contribution < -0.4 is 11.1 Å². The summed E-state index contributed by atoms with van der Waals surface area (Å²) in [5.41, 5.74) is 7.40. The van der Waals surface area contributed by atoms with Crippen LogP contribution in [0.5, 0.6) is 0 Å². The highest BCUT2D eigenvalue weighted by Gasteiger charge is 2.17. The van der Waals surface area contributed by atoms with E-state index in [1.807, 2.05) is 0 Å². The predicted octanol–water partition coefficient (Wildman–Crippen LogP) is 2.15. The molecule has 0 radical (unpaired) electrons. The topological polar surface area (TPSA) is 38.0 Å². The van der Waals surface area contributed by atoms with Gasteiger partial charge in [-0.15, -0.1) is 0 Å². The molecule has 0 amide bonds. The van der Waals surface area contributed by atoms with E-state index in [9.17, 15) is 0 Å². The van der Waals surface area contributed by atoms with Gasteiger partial charge >= 0.3 is 0 Å². The van der Waals surface area contributed by atoms with Crippen molar-refractivity contribution in [2.24, 2.45) is 5.73 Å². The molecule has 1 saturated carbocycles. The summed E-state index contributed by atoms with van der Waals surface area (Å²) in [6.07, 6.45) is 6.11. The Hall–Kier alpha value is -0.380. The van der Waals surface area contributed by atoms with Gasteiger partial charge in [0, 0.05) is 12.1 Å². The third-order valence-corrected chi connectivity index (χ3v) is 3.87. The van der Waals surface area contributed by atoms with E-state index in [4.69, 9.17) is 5.73 Å². The summed E-state index contributed by atoms with van der Waals surface area (Å²) in [6.45, 7) is 1.09. The summed E-state index contributed by atoms with van der Waals surface area (Å²) in [5, 5.41) is 7.99. The highest BCUT2D eigenvalue weighted by Crippen LogP contribution is 2.16. The van der Waals surface area contributed by atoms with Crippen LogP contribution in [0, 0.1) is 0 Å². The van der Waals surface area contributed by atoms with Crippen molar-refractivity contribution in [3.8, 4) is 0 Å². The second kappa shape index (κ2) is 5.64. The zero-order valence-corrected chi connectivity index (χ0v) is 9.93. The Labute approximate surface area is 95.9 Å². The quantitative estimate of drug-likeness (QED) is 0.822. The molecule has 2 unspecified atom stereocenters. The standard InChI is InChI=1S/C12H20N2S/c13-11-2-1-3-12(8-11)14-6-4-10-5-7-15-9-10/h5,7,9,11-12,14H,1-4,6,8,13H2. The third kappa shape index (κ3) is 3.59. The molecule has 0 bridgehead atoms. The van der Waals surface area contributed by atoms with Crippen LogP contribution in [0.15, 0.2) is 16.8 Å². The Bertz CT molecular complexity index is 271. The molecule has 1 aromatic heterocycles. The molecule has 2 nitrogen and oxygen atoms in total. The molecule has 15 heavy (non-hydrogen) atoms. The zero-order valence-electron chi connectivity index (χ0n) is 9.11. The molecule has 3 heteroatoms. The smallest absolute Gasteiger partial charge is 0.00819 e. The maximum absolute atomic E-state index is 5.95. The Balaban J connectivity index is 1.65. The summed E-state index contributed by atoms with van der Waals surface area (Å²) in [7, 11) is 0.